The Bertz CT molecular complexity index is 579. The summed E-state index contributed by atoms with van der Waals surface area (Å²) in [6.45, 7) is 10.8. The standard InChI is InChI=1S/C8H6O4.2C5H8O2/c9-7(10)5-3-1-2-4-6(5)8(11)12;2*1-3-5(6)7-4-2/h1-4H,(H,9,10)(H,11,12);2*3H,1,4H2,2H3. The van der Waals surface area contributed by atoms with Crippen LogP contribution in [0.4, 0.5) is 0 Å². The monoisotopic (exact) mass is 366 g/mol. The maximum atomic E-state index is 10.5. The number of carbonyl (C=O) groups is 4. The number of hydrogen-bond acceptors (Lipinski definition) is 6. The summed E-state index contributed by atoms with van der Waals surface area (Å²) in [5.74, 6) is -3.17. The van der Waals surface area contributed by atoms with E-state index < -0.39 is 11.9 Å². The molecule has 1 rings (SSSR count). The quantitative estimate of drug-likeness (QED) is 0.581. The Morgan fingerprint density at radius 3 is 1.31 bits per heavy atom. The van der Waals surface area contributed by atoms with Gasteiger partial charge in [0.05, 0.1) is 24.3 Å². The van der Waals surface area contributed by atoms with Crippen LogP contribution in [-0.2, 0) is 19.1 Å². The van der Waals surface area contributed by atoms with Crippen LogP contribution in [0.25, 0.3) is 0 Å². The molecule has 0 heterocycles. The Balaban J connectivity index is 0. The predicted molar refractivity (Wildman–Crippen MR) is 94.0 cm³/mol. The Labute approximate surface area is 151 Å². The maximum absolute atomic E-state index is 10.5. The van der Waals surface area contributed by atoms with E-state index in [9.17, 15) is 19.2 Å². The molecular weight excluding hydrogens is 344 g/mol. The van der Waals surface area contributed by atoms with Gasteiger partial charge in [0.1, 0.15) is 0 Å². The molecule has 0 saturated carbocycles. The highest BCUT2D eigenvalue weighted by molar-refractivity contribution is 6.01. The van der Waals surface area contributed by atoms with Crippen LogP contribution in [0.1, 0.15) is 34.6 Å². The molecule has 0 spiro atoms. The van der Waals surface area contributed by atoms with E-state index >= 15 is 0 Å². The van der Waals surface area contributed by atoms with Gasteiger partial charge in [-0.15, -0.1) is 0 Å². The summed E-state index contributed by atoms with van der Waals surface area (Å²) < 4.78 is 8.87. The fourth-order valence-electron chi connectivity index (χ4n) is 1.26. The van der Waals surface area contributed by atoms with Gasteiger partial charge in [0.25, 0.3) is 0 Å². The smallest absolute Gasteiger partial charge is 0.336 e. The molecule has 1 aromatic carbocycles. The number of carboxylic acid groups (broad SMARTS) is 2. The minimum Gasteiger partial charge on any atom is -0.478 e. The molecule has 0 atom stereocenters. The highest BCUT2D eigenvalue weighted by Crippen LogP contribution is 2.07. The fraction of sp³-hybridized carbons (Fsp3) is 0.222. The van der Waals surface area contributed by atoms with Crippen molar-refractivity contribution in [1.29, 1.82) is 0 Å². The molecule has 0 saturated heterocycles. The number of aromatic carboxylic acids is 2. The van der Waals surface area contributed by atoms with Crippen molar-refractivity contribution >= 4 is 23.9 Å². The van der Waals surface area contributed by atoms with E-state index in [-0.39, 0.29) is 23.1 Å². The SMILES string of the molecule is C=CC(=O)OCC.C=CC(=O)OCC.O=C(O)c1ccccc1C(=O)O. The van der Waals surface area contributed by atoms with Crippen LogP contribution >= 0.6 is 0 Å². The molecule has 0 aliphatic heterocycles. The van der Waals surface area contributed by atoms with Crippen molar-refractivity contribution < 1.29 is 38.9 Å². The van der Waals surface area contributed by atoms with Crippen molar-refractivity contribution in [2.24, 2.45) is 0 Å². The van der Waals surface area contributed by atoms with Crippen LogP contribution in [0.15, 0.2) is 49.6 Å². The van der Waals surface area contributed by atoms with Crippen molar-refractivity contribution in [2.75, 3.05) is 13.2 Å². The molecule has 2 N–H and O–H groups in total. The van der Waals surface area contributed by atoms with E-state index in [0.717, 1.165) is 12.2 Å². The normalized spacial score (nSPS) is 8.38. The average Bonchev–Trinajstić information content (AvgIpc) is 2.63. The summed E-state index contributed by atoms with van der Waals surface area (Å²) in [7, 11) is 0. The largest absolute Gasteiger partial charge is 0.478 e. The summed E-state index contributed by atoms with van der Waals surface area (Å²) in [6.07, 6.45) is 2.28. The van der Waals surface area contributed by atoms with Gasteiger partial charge in [-0.1, -0.05) is 25.3 Å². The third-order valence-corrected chi connectivity index (χ3v) is 2.29. The van der Waals surface area contributed by atoms with Crippen LogP contribution < -0.4 is 0 Å². The first kappa shape index (κ1) is 24.8. The third-order valence-electron chi connectivity index (χ3n) is 2.29. The average molecular weight is 366 g/mol. The first-order valence-electron chi connectivity index (χ1n) is 7.38. The fourth-order valence-corrected chi connectivity index (χ4v) is 1.26. The zero-order chi connectivity index (χ0) is 20.5. The van der Waals surface area contributed by atoms with Gasteiger partial charge in [-0.2, -0.15) is 0 Å². The summed E-state index contributed by atoms with van der Waals surface area (Å²) in [5.41, 5.74) is -0.380. The molecule has 142 valence electrons. The second-order valence-electron chi connectivity index (χ2n) is 4.07. The van der Waals surface area contributed by atoms with Crippen molar-refractivity contribution in [1.82, 2.24) is 0 Å². The van der Waals surface area contributed by atoms with Crippen molar-refractivity contribution in [3.8, 4) is 0 Å². The lowest BCUT2D eigenvalue weighted by Gasteiger charge is -1.98. The van der Waals surface area contributed by atoms with Gasteiger partial charge in [0.2, 0.25) is 0 Å². The maximum Gasteiger partial charge on any atom is 0.336 e. The first-order valence-corrected chi connectivity index (χ1v) is 7.38. The van der Waals surface area contributed by atoms with Crippen molar-refractivity contribution in [3.63, 3.8) is 0 Å². The summed E-state index contributed by atoms with van der Waals surface area (Å²) in [5, 5.41) is 17.1. The molecule has 8 nitrogen and oxygen atoms in total. The first-order chi connectivity index (χ1) is 12.2. The lowest BCUT2D eigenvalue weighted by molar-refractivity contribution is -0.138. The lowest BCUT2D eigenvalue weighted by Crippen LogP contribution is -2.06. The zero-order valence-corrected chi connectivity index (χ0v) is 14.6. The number of rotatable bonds is 6. The van der Waals surface area contributed by atoms with Crippen LogP contribution in [0, 0.1) is 0 Å². The zero-order valence-electron chi connectivity index (χ0n) is 14.6. The molecule has 0 fully saturated rings. The van der Waals surface area contributed by atoms with Crippen LogP contribution in [-0.4, -0.2) is 47.3 Å². The van der Waals surface area contributed by atoms with Gasteiger partial charge >= 0.3 is 23.9 Å². The van der Waals surface area contributed by atoms with E-state index in [0.29, 0.717) is 13.2 Å². The number of carboxylic acids is 2. The Hall–Kier alpha value is -3.42. The van der Waals surface area contributed by atoms with Gasteiger partial charge in [-0.05, 0) is 26.0 Å². The predicted octanol–water partition coefficient (Wildman–Crippen LogP) is 2.55. The van der Waals surface area contributed by atoms with Crippen molar-refractivity contribution in [3.05, 3.63) is 60.7 Å². The van der Waals surface area contributed by atoms with Gasteiger partial charge in [0, 0.05) is 12.2 Å². The van der Waals surface area contributed by atoms with E-state index in [1.807, 2.05) is 0 Å². The van der Waals surface area contributed by atoms with Gasteiger partial charge in [-0.25, -0.2) is 19.2 Å². The number of carbonyl (C=O) groups excluding carboxylic acids is 2. The number of benzene rings is 1. The highest BCUT2D eigenvalue weighted by Gasteiger charge is 2.13. The molecule has 0 unspecified atom stereocenters. The molecule has 0 aromatic heterocycles. The molecule has 8 heteroatoms. The lowest BCUT2D eigenvalue weighted by atomic mass is 10.1. The summed E-state index contributed by atoms with van der Waals surface area (Å²) in [6, 6.07) is 5.48. The summed E-state index contributed by atoms with van der Waals surface area (Å²) >= 11 is 0. The van der Waals surface area contributed by atoms with Gasteiger partial charge < -0.3 is 19.7 Å². The molecule has 0 radical (unpaired) electrons. The minimum atomic E-state index is -1.23. The second kappa shape index (κ2) is 15.1. The molecule has 0 aliphatic rings. The van der Waals surface area contributed by atoms with Crippen molar-refractivity contribution in [2.45, 2.75) is 13.8 Å². The van der Waals surface area contributed by atoms with Gasteiger partial charge in [0.15, 0.2) is 0 Å². The molecular formula is C18H22O8. The van der Waals surface area contributed by atoms with Crippen LogP contribution in [0.2, 0.25) is 0 Å². The Morgan fingerprint density at radius 2 is 1.15 bits per heavy atom. The van der Waals surface area contributed by atoms with Crippen LogP contribution in [0.5, 0.6) is 0 Å². The van der Waals surface area contributed by atoms with E-state index in [1.54, 1.807) is 13.8 Å². The highest BCUT2D eigenvalue weighted by atomic mass is 16.5. The summed E-state index contributed by atoms with van der Waals surface area (Å²) in [4.78, 5) is 41.1. The Morgan fingerprint density at radius 1 is 0.846 bits per heavy atom. The Kier molecular flexibility index (Phi) is 14.4. The second-order valence-corrected chi connectivity index (χ2v) is 4.07. The number of hydrogen-bond donors (Lipinski definition) is 2. The minimum absolute atomic E-state index is 0.190. The van der Waals surface area contributed by atoms with E-state index in [2.05, 4.69) is 22.6 Å². The topological polar surface area (TPSA) is 127 Å². The number of esters is 2. The molecule has 1 aromatic rings. The molecule has 0 bridgehead atoms. The van der Waals surface area contributed by atoms with Gasteiger partial charge in [-0.3, -0.25) is 0 Å². The molecule has 0 amide bonds. The molecule has 26 heavy (non-hydrogen) atoms. The number of ether oxygens (including phenoxy) is 2. The van der Waals surface area contributed by atoms with E-state index in [4.69, 9.17) is 10.2 Å². The third kappa shape index (κ3) is 12.1. The molecule has 0 aliphatic carbocycles. The van der Waals surface area contributed by atoms with Crippen LogP contribution in [0.3, 0.4) is 0 Å². The van der Waals surface area contributed by atoms with E-state index in [1.165, 1.54) is 24.3 Å².